The standard InChI is InChI=1S/C20H18N2O4S/c1-25-15-8-4-3-6-12(15)10-13(11-21)18(23)22-19-17(20(24)26-2)14-7-5-9-16(14)27-19/h3-4,6,8,10H,5,7,9H2,1-2H3,(H,22,23)/b13-10-. The molecule has 0 fully saturated rings. The Morgan fingerprint density at radius 2 is 2.04 bits per heavy atom. The van der Waals surface area contributed by atoms with Crippen LogP contribution >= 0.6 is 11.3 Å². The summed E-state index contributed by atoms with van der Waals surface area (Å²) in [6.45, 7) is 0. The highest BCUT2D eigenvalue weighted by Crippen LogP contribution is 2.39. The predicted molar refractivity (Wildman–Crippen MR) is 103 cm³/mol. The molecule has 0 atom stereocenters. The number of para-hydroxylation sites is 1. The topological polar surface area (TPSA) is 88.4 Å². The first-order chi connectivity index (χ1) is 13.1. The number of fused-ring (bicyclic) bond motifs is 1. The van der Waals surface area contributed by atoms with Gasteiger partial charge in [0.15, 0.2) is 0 Å². The van der Waals surface area contributed by atoms with Crippen LogP contribution in [0.15, 0.2) is 29.8 Å². The third kappa shape index (κ3) is 3.71. The number of hydrogen-bond donors (Lipinski definition) is 1. The zero-order valence-corrected chi connectivity index (χ0v) is 15.8. The van der Waals surface area contributed by atoms with Crippen molar-refractivity contribution in [1.82, 2.24) is 0 Å². The van der Waals surface area contributed by atoms with Gasteiger partial charge in [-0.25, -0.2) is 4.79 Å². The van der Waals surface area contributed by atoms with E-state index in [0.29, 0.717) is 21.9 Å². The number of hydrogen-bond acceptors (Lipinski definition) is 6. The summed E-state index contributed by atoms with van der Waals surface area (Å²) in [5.41, 5.74) is 1.88. The van der Waals surface area contributed by atoms with E-state index in [1.807, 2.05) is 6.07 Å². The molecule has 1 amide bonds. The number of amides is 1. The number of anilines is 1. The van der Waals surface area contributed by atoms with Crippen LogP contribution in [0.25, 0.3) is 6.08 Å². The first-order valence-electron chi connectivity index (χ1n) is 8.38. The largest absolute Gasteiger partial charge is 0.496 e. The number of rotatable bonds is 5. The Bertz CT molecular complexity index is 969. The Labute approximate surface area is 161 Å². The maximum absolute atomic E-state index is 12.6. The third-order valence-corrected chi connectivity index (χ3v) is 5.55. The van der Waals surface area contributed by atoms with Gasteiger partial charge in [0.2, 0.25) is 0 Å². The molecule has 0 bridgehead atoms. The third-order valence-electron chi connectivity index (χ3n) is 4.34. The summed E-state index contributed by atoms with van der Waals surface area (Å²) in [4.78, 5) is 25.9. The lowest BCUT2D eigenvalue weighted by Crippen LogP contribution is -2.15. The molecule has 0 saturated heterocycles. The van der Waals surface area contributed by atoms with E-state index in [4.69, 9.17) is 9.47 Å². The maximum atomic E-state index is 12.6. The fraction of sp³-hybridized carbons (Fsp3) is 0.250. The minimum absolute atomic E-state index is 0.0797. The number of nitriles is 1. The van der Waals surface area contributed by atoms with Crippen molar-refractivity contribution in [1.29, 1.82) is 5.26 Å². The number of methoxy groups -OCH3 is 2. The SMILES string of the molecule is COC(=O)c1c(NC(=O)/C(C#N)=C\c2ccccc2OC)sc2c1CCC2. The summed E-state index contributed by atoms with van der Waals surface area (Å²) in [5, 5.41) is 12.6. The van der Waals surface area contributed by atoms with Crippen LogP contribution in [0, 0.1) is 11.3 Å². The van der Waals surface area contributed by atoms with Crippen molar-refractivity contribution < 1.29 is 19.1 Å². The van der Waals surface area contributed by atoms with Gasteiger partial charge in [-0.2, -0.15) is 5.26 Å². The van der Waals surface area contributed by atoms with Crippen molar-refractivity contribution in [2.24, 2.45) is 0 Å². The first-order valence-corrected chi connectivity index (χ1v) is 9.19. The summed E-state index contributed by atoms with van der Waals surface area (Å²) >= 11 is 1.37. The average molecular weight is 382 g/mol. The number of aryl methyl sites for hydroxylation is 1. The van der Waals surface area contributed by atoms with E-state index in [2.05, 4.69) is 5.32 Å². The minimum Gasteiger partial charge on any atom is -0.496 e. The van der Waals surface area contributed by atoms with Crippen molar-refractivity contribution in [3.63, 3.8) is 0 Å². The Hall–Kier alpha value is -3.11. The summed E-state index contributed by atoms with van der Waals surface area (Å²) in [7, 11) is 2.84. The molecule has 1 aromatic carbocycles. The van der Waals surface area contributed by atoms with Crippen molar-refractivity contribution in [2.75, 3.05) is 19.5 Å². The van der Waals surface area contributed by atoms with E-state index in [0.717, 1.165) is 29.7 Å². The van der Waals surface area contributed by atoms with Crippen LogP contribution in [0.1, 0.15) is 32.8 Å². The number of nitrogens with one attached hydrogen (secondary N) is 1. The summed E-state index contributed by atoms with van der Waals surface area (Å²) in [6.07, 6.45) is 4.11. The van der Waals surface area contributed by atoms with Crippen molar-refractivity contribution in [3.05, 3.63) is 51.4 Å². The first kappa shape index (κ1) is 18.7. The molecule has 0 unspecified atom stereocenters. The fourth-order valence-corrected chi connectivity index (χ4v) is 4.34. The number of ether oxygens (including phenoxy) is 2. The van der Waals surface area contributed by atoms with Crippen LogP contribution in [0.4, 0.5) is 5.00 Å². The fourth-order valence-electron chi connectivity index (χ4n) is 3.07. The summed E-state index contributed by atoms with van der Waals surface area (Å²) in [6, 6.07) is 9.01. The second-order valence-corrected chi connectivity index (χ2v) is 7.02. The van der Waals surface area contributed by atoms with Gasteiger partial charge in [-0.3, -0.25) is 4.79 Å². The second kappa shape index (κ2) is 8.06. The number of benzene rings is 1. The molecule has 138 valence electrons. The minimum atomic E-state index is -0.575. The predicted octanol–water partition coefficient (Wildman–Crippen LogP) is 3.58. The molecule has 0 aliphatic heterocycles. The lowest BCUT2D eigenvalue weighted by molar-refractivity contribution is -0.112. The molecule has 27 heavy (non-hydrogen) atoms. The van der Waals surface area contributed by atoms with Gasteiger partial charge in [-0.1, -0.05) is 18.2 Å². The average Bonchev–Trinajstić information content (AvgIpc) is 3.26. The molecule has 1 N–H and O–H groups in total. The molecule has 2 aromatic rings. The van der Waals surface area contributed by atoms with E-state index in [1.165, 1.54) is 31.6 Å². The molecule has 1 aliphatic rings. The summed E-state index contributed by atoms with van der Waals surface area (Å²) in [5.74, 6) is -0.492. The van der Waals surface area contributed by atoms with Gasteiger partial charge in [0.25, 0.3) is 5.91 Å². The molecule has 0 radical (unpaired) electrons. The van der Waals surface area contributed by atoms with Gasteiger partial charge >= 0.3 is 5.97 Å². The van der Waals surface area contributed by atoms with Crippen LogP contribution < -0.4 is 10.1 Å². The normalized spacial score (nSPS) is 12.9. The van der Waals surface area contributed by atoms with E-state index in [9.17, 15) is 14.9 Å². The molecular formula is C20H18N2O4S. The van der Waals surface area contributed by atoms with Gasteiger partial charge in [-0.05, 0) is 37.0 Å². The van der Waals surface area contributed by atoms with Crippen LogP contribution in [-0.2, 0) is 22.4 Å². The van der Waals surface area contributed by atoms with E-state index >= 15 is 0 Å². The molecule has 7 heteroatoms. The van der Waals surface area contributed by atoms with Gasteiger partial charge < -0.3 is 14.8 Å². The number of esters is 1. The van der Waals surface area contributed by atoms with Crippen molar-refractivity contribution in [3.8, 4) is 11.8 Å². The Kier molecular flexibility index (Phi) is 5.57. The highest BCUT2D eigenvalue weighted by molar-refractivity contribution is 7.17. The quantitative estimate of drug-likeness (QED) is 0.485. The van der Waals surface area contributed by atoms with Crippen LogP contribution in [0.2, 0.25) is 0 Å². The molecule has 6 nitrogen and oxygen atoms in total. The number of carbonyl (C=O) groups excluding carboxylic acids is 2. The van der Waals surface area contributed by atoms with E-state index in [-0.39, 0.29) is 5.57 Å². The zero-order chi connectivity index (χ0) is 19.4. The molecule has 1 aliphatic carbocycles. The van der Waals surface area contributed by atoms with E-state index in [1.54, 1.807) is 24.3 Å². The van der Waals surface area contributed by atoms with Gasteiger partial charge in [0, 0.05) is 10.4 Å². The molecule has 1 heterocycles. The van der Waals surface area contributed by atoms with Gasteiger partial charge in [0.05, 0.1) is 19.8 Å². The molecular weight excluding hydrogens is 364 g/mol. The van der Waals surface area contributed by atoms with Gasteiger partial charge in [-0.15, -0.1) is 11.3 Å². The molecule has 0 saturated carbocycles. The monoisotopic (exact) mass is 382 g/mol. The number of thiophene rings is 1. The van der Waals surface area contributed by atoms with Crippen LogP contribution in [-0.4, -0.2) is 26.1 Å². The highest BCUT2D eigenvalue weighted by atomic mass is 32.1. The second-order valence-electron chi connectivity index (χ2n) is 5.92. The lowest BCUT2D eigenvalue weighted by atomic mass is 10.1. The maximum Gasteiger partial charge on any atom is 0.341 e. The van der Waals surface area contributed by atoms with Gasteiger partial charge in [0.1, 0.15) is 22.4 Å². The smallest absolute Gasteiger partial charge is 0.341 e. The Morgan fingerprint density at radius 3 is 2.74 bits per heavy atom. The highest BCUT2D eigenvalue weighted by Gasteiger charge is 2.28. The van der Waals surface area contributed by atoms with Crippen LogP contribution in [0.5, 0.6) is 5.75 Å². The molecule has 3 rings (SSSR count). The van der Waals surface area contributed by atoms with Crippen LogP contribution in [0.3, 0.4) is 0 Å². The van der Waals surface area contributed by atoms with Crippen molar-refractivity contribution >= 4 is 34.3 Å². The lowest BCUT2D eigenvalue weighted by Gasteiger charge is -2.07. The van der Waals surface area contributed by atoms with Crippen molar-refractivity contribution in [2.45, 2.75) is 19.3 Å². The Morgan fingerprint density at radius 1 is 1.26 bits per heavy atom. The zero-order valence-electron chi connectivity index (χ0n) is 15.0. The summed E-state index contributed by atoms with van der Waals surface area (Å²) < 4.78 is 10.1. The number of nitrogens with zero attached hydrogens (tertiary/aromatic N) is 1. The molecule has 0 spiro atoms. The molecule has 1 aromatic heterocycles. The number of carbonyl (C=O) groups is 2. The Balaban J connectivity index is 1.92. The van der Waals surface area contributed by atoms with E-state index < -0.39 is 11.9 Å².